The van der Waals surface area contributed by atoms with Gasteiger partial charge in [0, 0.05) is 12.0 Å². The Hall–Kier alpha value is -1.85. The lowest BCUT2D eigenvalue weighted by molar-refractivity contribution is -0.144. The van der Waals surface area contributed by atoms with Gasteiger partial charge in [0.1, 0.15) is 6.04 Å². The standard InChI is InChI=1S/C7H7NO5/c1-3-2-4(6(10)11)8(5(3)9)7(12)13/h4H,1-2H2,(H,10,11)(H,12,13). The van der Waals surface area contributed by atoms with Crippen molar-refractivity contribution >= 4 is 18.0 Å². The summed E-state index contributed by atoms with van der Waals surface area (Å²) in [7, 11) is 0. The van der Waals surface area contributed by atoms with Crippen molar-refractivity contribution in [2.45, 2.75) is 12.5 Å². The molecule has 13 heavy (non-hydrogen) atoms. The highest BCUT2D eigenvalue weighted by molar-refractivity contribution is 6.07. The highest BCUT2D eigenvalue weighted by atomic mass is 16.4. The van der Waals surface area contributed by atoms with Crippen molar-refractivity contribution in [1.82, 2.24) is 4.90 Å². The number of nitrogens with zero attached hydrogens (tertiary/aromatic N) is 1. The van der Waals surface area contributed by atoms with E-state index in [2.05, 4.69) is 6.58 Å². The van der Waals surface area contributed by atoms with Crippen LogP contribution in [-0.2, 0) is 9.59 Å². The smallest absolute Gasteiger partial charge is 0.415 e. The van der Waals surface area contributed by atoms with Crippen molar-refractivity contribution in [2.24, 2.45) is 0 Å². The molecular formula is C7H7NO5. The molecule has 1 fully saturated rings. The van der Waals surface area contributed by atoms with Gasteiger partial charge in [0.25, 0.3) is 5.91 Å². The molecule has 1 atom stereocenters. The molecule has 0 aromatic heterocycles. The van der Waals surface area contributed by atoms with E-state index in [1.54, 1.807) is 0 Å². The quantitative estimate of drug-likeness (QED) is 0.556. The molecule has 0 bridgehead atoms. The number of aliphatic carboxylic acids is 1. The molecule has 1 heterocycles. The van der Waals surface area contributed by atoms with Gasteiger partial charge in [0.05, 0.1) is 0 Å². The molecule has 0 saturated carbocycles. The molecule has 6 heteroatoms. The van der Waals surface area contributed by atoms with Gasteiger partial charge in [0.15, 0.2) is 0 Å². The normalized spacial score (nSPS) is 22.2. The molecule has 1 aliphatic rings. The minimum atomic E-state index is -1.56. The summed E-state index contributed by atoms with van der Waals surface area (Å²) in [6, 6.07) is -1.32. The zero-order valence-electron chi connectivity index (χ0n) is 6.56. The minimum Gasteiger partial charge on any atom is -0.480 e. The van der Waals surface area contributed by atoms with Crippen LogP contribution in [0.2, 0.25) is 0 Å². The Balaban J connectivity index is 3.00. The summed E-state index contributed by atoms with van der Waals surface area (Å²) in [6.45, 7) is 3.28. The fourth-order valence-electron chi connectivity index (χ4n) is 1.14. The molecule has 70 valence electrons. The van der Waals surface area contributed by atoms with Gasteiger partial charge in [-0.25, -0.2) is 14.5 Å². The summed E-state index contributed by atoms with van der Waals surface area (Å²) >= 11 is 0. The van der Waals surface area contributed by atoms with Crippen molar-refractivity contribution in [3.63, 3.8) is 0 Å². The van der Waals surface area contributed by atoms with Crippen LogP contribution in [0.5, 0.6) is 0 Å². The van der Waals surface area contributed by atoms with Crippen molar-refractivity contribution in [3.05, 3.63) is 12.2 Å². The predicted molar refractivity (Wildman–Crippen MR) is 40.1 cm³/mol. The number of likely N-dealkylation sites (tertiary alicyclic amines) is 1. The summed E-state index contributed by atoms with van der Waals surface area (Å²) in [5.74, 6) is -2.17. The first-order chi connectivity index (χ1) is 5.95. The van der Waals surface area contributed by atoms with E-state index in [1.165, 1.54) is 0 Å². The number of hydrogen-bond acceptors (Lipinski definition) is 3. The van der Waals surface area contributed by atoms with Gasteiger partial charge in [-0.3, -0.25) is 4.79 Å². The topological polar surface area (TPSA) is 94.9 Å². The van der Waals surface area contributed by atoms with E-state index in [4.69, 9.17) is 10.2 Å². The first-order valence-electron chi connectivity index (χ1n) is 3.42. The Kier molecular flexibility index (Phi) is 2.05. The molecule has 2 amide bonds. The number of carboxylic acid groups (broad SMARTS) is 2. The highest BCUT2D eigenvalue weighted by Gasteiger charge is 2.42. The Morgan fingerprint density at radius 2 is 2.00 bits per heavy atom. The number of carboxylic acids is 1. The largest absolute Gasteiger partial charge is 0.480 e. The number of carbonyl (C=O) groups excluding carboxylic acids is 1. The molecule has 1 unspecified atom stereocenters. The molecular weight excluding hydrogens is 178 g/mol. The number of amides is 2. The van der Waals surface area contributed by atoms with E-state index in [0.29, 0.717) is 0 Å². The molecule has 1 aliphatic heterocycles. The number of carbonyl (C=O) groups is 3. The molecule has 0 aromatic rings. The second kappa shape index (κ2) is 2.89. The maximum absolute atomic E-state index is 11.0. The fourth-order valence-corrected chi connectivity index (χ4v) is 1.14. The first-order valence-corrected chi connectivity index (χ1v) is 3.42. The number of imide groups is 1. The second-order valence-electron chi connectivity index (χ2n) is 2.62. The van der Waals surface area contributed by atoms with Gasteiger partial charge in [-0.1, -0.05) is 6.58 Å². The van der Waals surface area contributed by atoms with Gasteiger partial charge in [0.2, 0.25) is 0 Å². The monoisotopic (exact) mass is 185 g/mol. The maximum atomic E-state index is 11.0. The summed E-state index contributed by atoms with van der Waals surface area (Å²) in [6.07, 6.45) is -1.70. The third kappa shape index (κ3) is 1.37. The SMILES string of the molecule is C=C1CC(C(=O)O)N(C(=O)O)C1=O. The van der Waals surface area contributed by atoms with E-state index in [-0.39, 0.29) is 16.9 Å². The molecule has 0 aliphatic carbocycles. The molecule has 2 N–H and O–H groups in total. The summed E-state index contributed by atoms with van der Waals surface area (Å²) in [5.41, 5.74) is 0.00907. The van der Waals surface area contributed by atoms with E-state index < -0.39 is 24.0 Å². The molecule has 1 saturated heterocycles. The predicted octanol–water partition coefficient (Wildman–Crippen LogP) is -0.0939. The lowest BCUT2D eigenvalue weighted by atomic mass is 10.2. The van der Waals surface area contributed by atoms with Crippen molar-refractivity contribution in [3.8, 4) is 0 Å². The zero-order valence-corrected chi connectivity index (χ0v) is 6.56. The van der Waals surface area contributed by atoms with E-state index in [9.17, 15) is 14.4 Å². The Bertz CT molecular complexity index is 308. The molecule has 0 aromatic carbocycles. The van der Waals surface area contributed by atoms with Crippen LogP contribution in [0.1, 0.15) is 6.42 Å². The summed E-state index contributed by atoms with van der Waals surface area (Å²) < 4.78 is 0. The van der Waals surface area contributed by atoms with Crippen LogP contribution in [-0.4, -0.2) is 39.1 Å². The van der Waals surface area contributed by atoms with E-state index in [0.717, 1.165) is 0 Å². The Morgan fingerprint density at radius 3 is 2.31 bits per heavy atom. The second-order valence-corrected chi connectivity index (χ2v) is 2.62. The van der Waals surface area contributed by atoms with Crippen molar-refractivity contribution in [1.29, 1.82) is 0 Å². The summed E-state index contributed by atoms with van der Waals surface area (Å²) in [4.78, 5) is 32.3. The molecule has 0 spiro atoms. The summed E-state index contributed by atoms with van der Waals surface area (Å²) in [5, 5.41) is 17.1. The number of rotatable bonds is 1. The van der Waals surface area contributed by atoms with Crippen LogP contribution in [0.3, 0.4) is 0 Å². The highest BCUT2D eigenvalue weighted by Crippen LogP contribution is 2.22. The average Bonchev–Trinajstić information content (AvgIpc) is 2.28. The first kappa shape index (κ1) is 9.24. The Labute approximate surface area is 73.1 Å². The Morgan fingerprint density at radius 1 is 1.46 bits per heavy atom. The fraction of sp³-hybridized carbons (Fsp3) is 0.286. The van der Waals surface area contributed by atoms with Crippen LogP contribution in [0, 0.1) is 0 Å². The number of hydrogen-bond donors (Lipinski definition) is 2. The molecule has 6 nitrogen and oxygen atoms in total. The van der Waals surface area contributed by atoms with Crippen molar-refractivity contribution in [2.75, 3.05) is 0 Å². The van der Waals surface area contributed by atoms with E-state index in [1.807, 2.05) is 0 Å². The third-order valence-corrected chi connectivity index (χ3v) is 1.76. The van der Waals surface area contributed by atoms with Gasteiger partial charge >= 0.3 is 12.1 Å². The van der Waals surface area contributed by atoms with Crippen LogP contribution >= 0.6 is 0 Å². The van der Waals surface area contributed by atoms with Gasteiger partial charge < -0.3 is 10.2 Å². The van der Waals surface area contributed by atoms with Gasteiger partial charge in [-0.05, 0) is 0 Å². The maximum Gasteiger partial charge on any atom is 0.415 e. The lowest BCUT2D eigenvalue weighted by Crippen LogP contribution is -2.42. The minimum absolute atomic E-state index is 0.00907. The molecule has 0 radical (unpaired) electrons. The molecule has 1 rings (SSSR count). The van der Waals surface area contributed by atoms with Crippen LogP contribution in [0.4, 0.5) is 4.79 Å². The van der Waals surface area contributed by atoms with E-state index >= 15 is 0 Å². The van der Waals surface area contributed by atoms with Crippen LogP contribution in [0.15, 0.2) is 12.2 Å². The van der Waals surface area contributed by atoms with Crippen LogP contribution < -0.4 is 0 Å². The van der Waals surface area contributed by atoms with Crippen molar-refractivity contribution < 1.29 is 24.6 Å². The zero-order chi connectivity index (χ0) is 10.2. The van der Waals surface area contributed by atoms with Gasteiger partial charge in [-0.2, -0.15) is 0 Å². The van der Waals surface area contributed by atoms with Crippen LogP contribution in [0.25, 0.3) is 0 Å². The third-order valence-electron chi connectivity index (χ3n) is 1.76. The average molecular weight is 185 g/mol. The van der Waals surface area contributed by atoms with Gasteiger partial charge in [-0.15, -0.1) is 0 Å². The lowest BCUT2D eigenvalue weighted by Gasteiger charge is -2.14.